The smallest absolute Gasteiger partial charge is 0.229 e. The number of nitrogens with one attached hydrogen (secondary N) is 2. The van der Waals surface area contributed by atoms with E-state index in [-0.39, 0.29) is 37.3 Å². The van der Waals surface area contributed by atoms with E-state index in [1.807, 2.05) is 6.92 Å². The first-order chi connectivity index (χ1) is 13.0. The summed E-state index contributed by atoms with van der Waals surface area (Å²) in [7, 11) is 0. The topological polar surface area (TPSA) is 83.0 Å². The van der Waals surface area contributed by atoms with Crippen molar-refractivity contribution in [1.29, 1.82) is 0 Å². The van der Waals surface area contributed by atoms with Crippen molar-refractivity contribution in [2.24, 2.45) is 4.99 Å². The van der Waals surface area contributed by atoms with Crippen LogP contribution in [0.5, 0.6) is 5.75 Å². The molecule has 2 rings (SSSR count). The van der Waals surface area contributed by atoms with Crippen molar-refractivity contribution in [3.8, 4) is 5.75 Å². The SMILES string of the molecule is CCNC(=NCCN1C(=O)CCCC1=O)NCCOc1ccc(F)cc1F. The van der Waals surface area contributed by atoms with E-state index in [0.29, 0.717) is 38.3 Å². The standard InChI is InChI=1S/C18H24F2N4O3/c1-2-21-18(22-8-10-24-16(25)4-3-5-17(24)26)23-9-11-27-15-7-6-13(19)12-14(15)20/h6-7,12H,2-5,8-11H2,1H3,(H2,21,22,23). The van der Waals surface area contributed by atoms with Crippen molar-refractivity contribution < 1.29 is 23.1 Å². The van der Waals surface area contributed by atoms with Gasteiger partial charge < -0.3 is 15.4 Å². The Morgan fingerprint density at radius 1 is 1.22 bits per heavy atom. The van der Waals surface area contributed by atoms with Crippen molar-refractivity contribution in [3.05, 3.63) is 29.8 Å². The van der Waals surface area contributed by atoms with Crippen LogP contribution in [0.25, 0.3) is 0 Å². The van der Waals surface area contributed by atoms with Gasteiger partial charge in [0.2, 0.25) is 11.8 Å². The molecule has 7 nitrogen and oxygen atoms in total. The van der Waals surface area contributed by atoms with Gasteiger partial charge in [-0.15, -0.1) is 0 Å². The van der Waals surface area contributed by atoms with E-state index in [2.05, 4.69) is 15.6 Å². The highest BCUT2D eigenvalue weighted by Gasteiger charge is 2.25. The summed E-state index contributed by atoms with van der Waals surface area (Å²) < 4.78 is 31.6. The lowest BCUT2D eigenvalue weighted by atomic mass is 10.1. The third kappa shape index (κ3) is 6.50. The number of rotatable bonds is 8. The molecule has 0 saturated carbocycles. The molecule has 2 amide bonds. The second-order valence-corrected chi connectivity index (χ2v) is 5.90. The minimum atomic E-state index is -0.758. The molecular weight excluding hydrogens is 358 g/mol. The number of likely N-dealkylation sites (tertiary alicyclic amines) is 1. The van der Waals surface area contributed by atoms with Crippen molar-refractivity contribution >= 4 is 17.8 Å². The predicted octanol–water partition coefficient (Wildman–Crippen LogP) is 1.44. The number of ether oxygens (including phenoxy) is 1. The zero-order chi connectivity index (χ0) is 19.6. The number of hydrogen-bond acceptors (Lipinski definition) is 4. The van der Waals surface area contributed by atoms with Gasteiger partial charge in [0.25, 0.3) is 0 Å². The number of piperidine rings is 1. The molecule has 1 heterocycles. The van der Waals surface area contributed by atoms with E-state index in [4.69, 9.17) is 4.74 Å². The Balaban J connectivity index is 1.77. The summed E-state index contributed by atoms with van der Waals surface area (Å²) in [5.41, 5.74) is 0. The van der Waals surface area contributed by atoms with Crippen LogP contribution in [0.3, 0.4) is 0 Å². The quantitative estimate of drug-likeness (QED) is 0.308. The Kier molecular flexibility index (Phi) is 7.97. The van der Waals surface area contributed by atoms with Gasteiger partial charge in [-0.25, -0.2) is 8.78 Å². The van der Waals surface area contributed by atoms with Gasteiger partial charge in [0.1, 0.15) is 12.4 Å². The van der Waals surface area contributed by atoms with Gasteiger partial charge in [0.15, 0.2) is 17.5 Å². The highest BCUT2D eigenvalue weighted by molar-refractivity contribution is 5.97. The number of carbonyl (C=O) groups excluding carboxylic acids is 2. The molecule has 27 heavy (non-hydrogen) atoms. The average Bonchev–Trinajstić information content (AvgIpc) is 2.62. The van der Waals surface area contributed by atoms with E-state index >= 15 is 0 Å². The fourth-order valence-electron chi connectivity index (χ4n) is 2.58. The Hall–Kier alpha value is -2.71. The van der Waals surface area contributed by atoms with Crippen LogP contribution >= 0.6 is 0 Å². The summed E-state index contributed by atoms with van der Waals surface area (Å²) in [6.45, 7) is 3.53. The molecule has 2 N–H and O–H groups in total. The number of amides is 2. The largest absolute Gasteiger partial charge is 0.489 e. The molecule has 1 aliphatic rings. The maximum Gasteiger partial charge on any atom is 0.229 e. The molecule has 9 heteroatoms. The van der Waals surface area contributed by atoms with Crippen LogP contribution in [0.4, 0.5) is 8.78 Å². The molecule has 1 aromatic carbocycles. The zero-order valence-corrected chi connectivity index (χ0v) is 15.3. The van der Waals surface area contributed by atoms with E-state index in [0.717, 1.165) is 12.1 Å². The molecule has 0 unspecified atom stereocenters. The van der Waals surface area contributed by atoms with Crippen LogP contribution in [0.2, 0.25) is 0 Å². The molecule has 148 valence electrons. The highest BCUT2D eigenvalue weighted by Crippen LogP contribution is 2.17. The third-order valence-corrected chi connectivity index (χ3v) is 3.87. The van der Waals surface area contributed by atoms with Crippen molar-refractivity contribution in [3.63, 3.8) is 0 Å². The molecule has 0 atom stereocenters. The van der Waals surface area contributed by atoms with Gasteiger partial charge in [0.05, 0.1) is 13.1 Å². The normalized spacial score (nSPS) is 15.1. The lowest BCUT2D eigenvalue weighted by molar-refractivity contribution is -0.147. The number of halogens is 2. The molecule has 0 aliphatic carbocycles. The summed E-state index contributed by atoms with van der Waals surface area (Å²) in [6.07, 6.45) is 1.40. The zero-order valence-electron chi connectivity index (χ0n) is 15.3. The Labute approximate surface area is 156 Å². The number of guanidine groups is 1. The fourth-order valence-corrected chi connectivity index (χ4v) is 2.58. The van der Waals surface area contributed by atoms with Crippen LogP contribution in [0.15, 0.2) is 23.2 Å². The van der Waals surface area contributed by atoms with Crippen LogP contribution in [-0.4, -0.2) is 55.5 Å². The van der Waals surface area contributed by atoms with E-state index in [1.54, 1.807) is 0 Å². The molecule has 1 aliphatic heterocycles. The third-order valence-electron chi connectivity index (χ3n) is 3.87. The van der Waals surface area contributed by atoms with Crippen molar-refractivity contribution in [1.82, 2.24) is 15.5 Å². The van der Waals surface area contributed by atoms with Gasteiger partial charge >= 0.3 is 0 Å². The Morgan fingerprint density at radius 2 is 1.96 bits per heavy atom. The van der Waals surface area contributed by atoms with E-state index in [1.165, 1.54) is 11.0 Å². The van der Waals surface area contributed by atoms with Gasteiger partial charge in [-0.1, -0.05) is 0 Å². The molecule has 0 spiro atoms. The second-order valence-electron chi connectivity index (χ2n) is 5.90. The summed E-state index contributed by atoms with van der Waals surface area (Å²) in [5, 5.41) is 6.04. The maximum absolute atomic E-state index is 13.5. The summed E-state index contributed by atoms with van der Waals surface area (Å²) >= 11 is 0. The van der Waals surface area contributed by atoms with E-state index in [9.17, 15) is 18.4 Å². The number of aliphatic imine (C=N–C) groups is 1. The average molecular weight is 382 g/mol. The van der Waals surface area contributed by atoms with Crippen LogP contribution in [0, 0.1) is 11.6 Å². The maximum atomic E-state index is 13.5. The lowest BCUT2D eigenvalue weighted by Gasteiger charge is -2.24. The summed E-state index contributed by atoms with van der Waals surface area (Å²) in [6, 6.07) is 3.12. The van der Waals surface area contributed by atoms with E-state index < -0.39 is 11.6 Å². The highest BCUT2D eigenvalue weighted by atomic mass is 19.1. The van der Waals surface area contributed by atoms with Crippen LogP contribution in [-0.2, 0) is 9.59 Å². The van der Waals surface area contributed by atoms with Gasteiger partial charge in [-0.2, -0.15) is 0 Å². The second kappa shape index (κ2) is 10.4. The fraction of sp³-hybridized carbons (Fsp3) is 0.500. The number of hydrogen-bond donors (Lipinski definition) is 2. The number of benzene rings is 1. The van der Waals surface area contributed by atoms with Crippen molar-refractivity contribution in [2.45, 2.75) is 26.2 Å². The Morgan fingerprint density at radius 3 is 2.63 bits per heavy atom. The summed E-state index contributed by atoms with van der Waals surface area (Å²) in [5.74, 6) is -1.26. The van der Waals surface area contributed by atoms with Gasteiger partial charge in [-0.3, -0.25) is 19.5 Å². The summed E-state index contributed by atoms with van der Waals surface area (Å²) in [4.78, 5) is 29.1. The molecule has 0 bridgehead atoms. The number of nitrogens with zero attached hydrogens (tertiary/aromatic N) is 2. The molecule has 1 saturated heterocycles. The molecule has 1 aromatic rings. The first-order valence-corrected chi connectivity index (χ1v) is 8.94. The molecule has 0 radical (unpaired) electrons. The minimum Gasteiger partial charge on any atom is -0.489 e. The van der Waals surface area contributed by atoms with Crippen LogP contribution < -0.4 is 15.4 Å². The molecule has 1 fully saturated rings. The molecular formula is C18H24F2N4O3. The monoisotopic (exact) mass is 382 g/mol. The van der Waals surface area contributed by atoms with Crippen molar-refractivity contribution in [2.75, 3.05) is 32.8 Å². The number of carbonyl (C=O) groups is 2. The first kappa shape index (κ1) is 20.6. The number of imide groups is 1. The minimum absolute atomic E-state index is 0.0257. The molecule has 0 aromatic heterocycles. The van der Waals surface area contributed by atoms with Crippen LogP contribution in [0.1, 0.15) is 26.2 Å². The van der Waals surface area contributed by atoms with Gasteiger partial charge in [0, 0.05) is 32.0 Å². The first-order valence-electron chi connectivity index (χ1n) is 8.94. The Bertz CT molecular complexity index is 681. The predicted molar refractivity (Wildman–Crippen MR) is 96.4 cm³/mol. The van der Waals surface area contributed by atoms with Gasteiger partial charge in [-0.05, 0) is 25.5 Å². The lowest BCUT2D eigenvalue weighted by Crippen LogP contribution is -2.43.